The summed E-state index contributed by atoms with van der Waals surface area (Å²) in [5, 5.41) is 3.43. The van der Waals surface area contributed by atoms with Crippen molar-refractivity contribution in [3.05, 3.63) is 29.6 Å². The van der Waals surface area contributed by atoms with Gasteiger partial charge in [-0.25, -0.2) is 4.39 Å². The van der Waals surface area contributed by atoms with Gasteiger partial charge in [0.05, 0.1) is 0 Å². The molecule has 1 N–H and O–H groups in total. The van der Waals surface area contributed by atoms with Gasteiger partial charge < -0.3 is 10.2 Å². The van der Waals surface area contributed by atoms with Gasteiger partial charge >= 0.3 is 0 Å². The van der Waals surface area contributed by atoms with Gasteiger partial charge in [0, 0.05) is 18.8 Å². The maximum absolute atomic E-state index is 13.3. The Labute approximate surface area is 102 Å². The maximum Gasteiger partial charge on any atom is 0.125 e. The Morgan fingerprint density at radius 1 is 1.41 bits per heavy atom. The average Bonchev–Trinajstić information content (AvgIpc) is 2.88. The lowest BCUT2D eigenvalue weighted by atomic mass is 9.97. The van der Waals surface area contributed by atoms with Crippen LogP contribution in [-0.2, 0) is 6.42 Å². The Morgan fingerprint density at radius 2 is 2.29 bits per heavy atom. The van der Waals surface area contributed by atoms with Crippen molar-refractivity contribution in [2.45, 2.75) is 13.3 Å². The quantitative estimate of drug-likeness (QED) is 0.842. The summed E-state index contributed by atoms with van der Waals surface area (Å²) in [6.07, 6.45) is 1.06. The smallest absolute Gasteiger partial charge is 0.125 e. The Kier molecular flexibility index (Phi) is 2.79. The minimum absolute atomic E-state index is 0.117. The summed E-state index contributed by atoms with van der Waals surface area (Å²) < 4.78 is 13.3. The molecule has 1 aromatic carbocycles. The molecule has 0 unspecified atom stereocenters. The van der Waals surface area contributed by atoms with Gasteiger partial charge in [-0.05, 0) is 49.0 Å². The first-order valence-electron chi connectivity index (χ1n) is 6.48. The van der Waals surface area contributed by atoms with Gasteiger partial charge in [-0.2, -0.15) is 0 Å². The highest BCUT2D eigenvalue weighted by Crippen LogP contribution is 2.30. The minimum Gasteiger partial charge on any atom is -0.371 e. The van der Waals surface area contributed by atoms with E-state index in [0.717, 1.165) is 44.2 Å². The van der Waals surface area contributed by atoms with E-state index >= 15 is 0 Å². The molecular formula is C14H19FN2. The Morgan fingerprint density at radius 3 is 3.06 bits per heavy atom. The van der Waals surface area contributed by atoms with Crippen LogP contribution in [0.5, 0.6) is 0 Å². The maximum atomic E-state index is 13.3. The molecule has 0 spiro atoms. The Bertz CT molecular complexity index is 419. The van der Waals surface area contributed by atoms with Crippen molar-refractivity contribution in [2.75, 3.05) is 31.1 Å². The predicted molar refractivity (Wildman–Crippen MR) is 67.8 cm³/mol. The molecule has 2 atom stereocenters. The van der Waals surface area contributed by atoms with Crippen molar-refractivity contribution in [2.24, 2.45) is 11.8 Å². The number of rotatable bonds is 2. The van der Waals surface area contributed by atoms with Gasteiger partial charge in [0.15, 0.2) is 0 Å². The van der Waals surface area contributed by atoms with Gasteiger partial charge in [-0.3, -0.25) is 0 Å². The molecule has 0 aromatic heterocycles. The molecule has 2 aliphatic rings. The van der Waals surface area contributed by atoms with E-state index in [-0.39, 0.29) is 5.82 Å². The van der Waals surface area contributed by atoms with Crippen LogP contribution in [0.15, 0.2) is 18.2 Å². The largest absolute Gasteiger partial charge is 0.371 e. The summed E-state index contributed by atoms with van der Waals surface area (Å²) in [4.78, 5) is 2.35. The van der Waals surface area contributed by atoms with E-state index < -0.39 is 0 Å². The summed E-state index contributed by atoms with van der Waals surface area (Å²) in [6.45, 7) is 6.62. The predicted octanol–water partition coefficient (Wildman–Crippen LogP) is 2.04. The molecule has 1 fully saturated rings. The van der Waals surface area contributed by atoms with Crippen LogP contribution in [0.3, 0.4) is 0 Å². The summed E-state index contributed by atoms with van der Waals surface area (Å²) in [5.41, 5.74) is 2.41. The van der Waals surface area contributed by atoms with Crippen molar-refractivity contribution in [1.29, 1.82) is 0 Å². The topological polar surface area (TPSA) is 15.3 Å². The van der Waals surface area contributed by atoms with Crippen molar-refractivity contribution in [1.82, 2.24) is 5.32 Å². The van der Waals surface area contributed by atoms with Crippen LogP contribution in [0.25, 0.3) is 0 Å². The second-order valence-electron chi connectivity index (χ2n) is 5.36. The highest BCUT2D eigenvalue weighted by molar-refractivity contribution is 5.58. The first-order valence-corrected chi connectivity index (χ1v) is 6.48. The number of nitrogens with one attached hydrogen (secondary N) is 1. The lowest BCUT2D eigenvalue weighted by Gasteiger charge is -2.25. The van der Waals surface area contributed by atoms with Gasteiger partial charge in [-0.15, -0.1) is 0 Å². The number of hydrogen-bond acceptors (Lipinski definition) is 2. The number of benzene rings is 1. The number of nitrogens with zero attached hydrogens (tertiary/aromatic N) is 1. The second-order valence-corrected chi connectivity index (χ2v) is 5.36. The second kappa shape index (κ2) is 4.30. The van der Waals surface area contributed by atoms with E-state index in [1.54, 1.807) is 12.1 Å². The third-order valence-electron chi connectivity index (χ3n) is 4.17. The number of anilines is 1. The number of hydrogen-bond donors (Lipinski definition) is 1. The number of halogens is 1. The lowest BCUT2D eigenvalue weighted by Crippen LogP contribution is -2.31. The first-order chi connectivity index (χ1) is 8.24. The highest BCUT2D eigenvalue weighted by Gasteiger charge is 2.28. The fourth-order valence-electron chi connectivity index (χ4n) is 3.00. The van der Waals surface area contributed by atoms with Crippen molar-refractivity contribution in [3.63, 3.8) is 0 Å². The Hall–Kier alpha value is -1.09. The van der Waals surface area contributed by atoms with E-state index in [0.29, 0.717) is 5.92 Å². The van der Waals surface area contributed by atoms with E-state index in [1.165, 1.54) is 5.56 Å². The number of fused-ring (bicyclic) bond motifs is 1. The molecule has 0 aliphatic carbocycles. The summed E-state index contributed by atoms with van der Waals surface area (Å²) >= 11 is 0. The van der Waals surface area contributed by atoms with Crippen LogP contribution in [0, 0.1) is 17.7 Å². The van der Waals surface area contributed by atoms with Crippen LogP contribution in [0.1, 0.15) is 12.5 Å². The van der Waals surface area contributed by atoms with Crippen LogP contribution < -0.4 is 10.2 Å². The molecule has 2 aliphatic heterocycles. The fourth-order valence-corrected chi connectivity index (χ4v) is 3.00. The van der Waals surface area contributed by atoms with Gasteiger partial charge in [0.2, 0.25) is 0 Å². The molecule has 0 saturated carbocycles. The fraction of sp³-hybridized carbons (Fsp3) is 0.571. The van der Waals surface area contributed by atoms with E-state index in [4.69, 9.17) is 0 Å². The molecule has 2 heterocycles. The SMILES string of the molecule is C[C@@H]1CNC[C@H]1CN1CCc2ccc(F)cc21. The zero-order valence-corrected chi connectivity index (χ0v) is 10.2. The van der Waals surface area contributed by atoms with Crippen LogP contribution in [-0.4, -0.2) is 26.2 Å². The zero-order valence-electron chi connectivity index (χ0n) is 10.2. The average molecular weight is 234 g/mol. The normalized spacial score (nSPS) is 27.5. The Balaban J connectivity index is 1.76. The standard InChI is InChI=1S/C14H19FN2/c1-10-7-16-8-12(10)9-17-5-4-11-2-3-13(15)6-14(11)17/h2-3,6,10,12,16H,4-5,7-9H2,1H3/t10-,12+/m1/s1. The van der Waals surface area contributed by atoms with E-state index in [1.807, 2.05) is 6.07 Å². The van der Waals surface area contributed by atoms with Gasteiger partial charge in [-0.1, -0.05) is 13.0 Å². The molecule has 92 valence electrons. The molecule has 0 bridgehead atoms. The summed E-state index contributed by atoms with van der Waals surface area (Å²) in [5.74, 6) is 1.31. The molecule has 1 saturated heterocycles. The minimum atomic E-state index is -0.117. The first kappa shape index (κ1) is 11.0. The summed E-state index contributed by atoms with van der Waals surface area (Å²) in [7, 11) is 0. The molecule has 0 radical (unpaired) electrons. The van der Waals surface area contributed by atoms with E-state index in [9.17, 15) is 4.39 Å². The van der Waals surface area contributed by atoms with Crippen LogP contribution in [0.4, 0.5) is 10.1 Å². The molecule has 1 aromatic rings. The third-order valence-corrected chi connectivity index (χ3v) is 4.17. The molecule has 3 rings (SSSR count). The zero-order chi connectivity index (χ0) is 11.8. The molecule has 2 nitrogen and oxygen atoms in total. The molecule has 3 heteroatoms. The molecule has 0 amide bonds. The molecule has 17 heavy (non-hydrogen) atoms. The van der Waals surface area contributed by atoms with Crippen LogP contribution >= 0.6 is 0 Å². The van der Waals surface area contributed by atoms with Gasteiger partial charge in [0.25, 0.3) is 0 Å². The summed E-state index contributed by atoms with van der Waals surface area (Å²) in [6, 6.07) is 5.19. The van der Waals surface area contributed by atoms with Gasteiger partial charge in [0.1, 0.15) is 5.82 Å². The van der Waals surface area contributed by atoms with Crippen molar-refractivity contribution < 1.29 is 4.39 Å². The lowest BCUT2D eigenvalue weighted by molar-refractivity contribution is 0.450. The van der Waals surface area contributed by atoms with E-state index in [2.05, 4.69) is 17.1 Å². The van der Waals surface area contributed by atoms with Crippen molar-refractivity contribution in [3.8, 4) is 0 Å². The molecular weight excluding hydrogens is 215 g/mol. The van der Waals surface area contributed by atoms with Crippen LogP contribution in [0.2, 0.25) is 0 Å². The monoisotopic (exact) mass is 234 g/mol. The van der Waals surface area contributed by atoms with Crippen molar-refractivity contribution >= 4 is 5.69 Å². The highest BCUT2D eigenvalue weighted by atomic mass is 19.1. The third kappa shape index (κ3) is 2.04.